The smallest absolute Gasteiger partial charge is 0.310 e. The molecular formula is C31H48O6Si3. The molecule has 2 aliphatic rings. The zero-order valence-corrected chi connectivity index (χ0v) is 28.6. The summed E-state index contributed by atoms with van der Waals surface area (Å²) in [6.07, 6.45) is 6.75. The largest absolute Gasteiger partial charge is 0.490 e. The molecule has 2 aliphatic heterocycles. The van der Waals surface area contributed by atoms with Crippen LogP contribution in [0.25, 0.3) is 0 Å². The van der Waals surface area contributed by atoms with Gasteiger partial charge < -0.3 is 27.2 Å². The number of hydrogen-bond acceptors (Lipinski definition) is 6. The van der Waals surface area contributed by atoms with Crippen LogP contribution in [0.2, 0.25) is 39.3 Å². The topological polar surface area (TPSA) is 62.0 Å². The molecule has 0 N–H and O–H groups in total. The van der Waals surface area contributed by atoms with Gasteiger partial charge in [-0.05, 0) is 92.9 Å². The van der Waals surface area contributed by atoms with Gasteiger partial charge >= 0.3 is 8.56 Å². The Balaban J connectivity index is 0.000000342. The van der Waals surface area contributed by atoms with E-state index in [1.807, 2.05) is 12.2 Å². The minimum Gasteiger partial charge on any atom is -0.490 e. The van der Waals surface area contributed by atoms with Gasteiger partial charge in [-0.3, -0.25) is 0 Å². The summed E-state index contributed by atoms with van der Waals surface area (Å²) in [5, 5.41) is 0. The van der Waals surface area contributed by atoms with E-state index in [4.69, 9.17) is 27.2 Å². The van der Waals surface area contributed by atoms with E-state index in [1.165, 1.54) is 11.1 Å². The normalized spacial score (nSPS) is 17.7. The van der Waals surface area contributed by atoms with Crippen LogP contribution in [-0.4, -0.2) is 65.3 Å². The lowest BCUT2D eigenvalue weighted by molar-refractivity contribution is 0.261. The van der Waals surface area contributed by atoms with Crippen LogP contribution < -0.4 is 9.47 Å². The quantitative estimate of drug-likeness (QED) is 0.134. The Hall–Kier alpha value is -1.99. The minimum atomic E-state index is -1.71. The van der Waals surface area contributed by atoms with Crippen molar-refractivity contribution in [3.05, 3.63) is 84.0 Å². The van der Waals surface area contributed by atoms with Gasteiger partial charge in [-0.25, -0.2) is 0 Å². The molecule has 0 radical (unpaired) electrons. The lowest BCUT2D eigenvalue weighted by atomic mass is 9.98. The van der Waals surface area contributed by atoms with Crippen LogP contribution in [0.15, 0.2) is 61.7 Å². The fraction of sp³-hybridized carbons (Fsp3) is 0.484. The van der Waals surface area contributed by atoms with Crippen LogP contribution in [0.1, 0.15) is 22.3 Å². The van der Waals surface area contributed by atoms with Gasteiger partial charge in [0.05, 0.1) is 13.2 Å². The molecule has 2 fully saturated rings. The number of ether oxygens (including phenoxy) is 4. The maximum atomic E-state index is 5.93. The Bertz CT molecular complexity index is 1010. The Morgan fingerprint density at radius 1 is 0.775 bits per heavy atom. The number of epoxide rings is 2. The fourth-order valence-corrected chi connectivity index (χ4v) is 14.3. The van der Waals surface area contributed by atoms with Crippen LogP contribution in [0.5, 0.6) is 11.5 Å². The highest BCUT2D eigenvalue weighted by Crippen LogP contribution is 2.27. The van der Waals surface area contributed by atoms with Gasteiger partial charge in [0.2, 0.25) is 0 Å². The van der Waals surface area contributed by atoms with Crippen LogP contribution in [0.4, 0.5) is 0 Å². The van der Waals surface area contributed by atoms with E-state index in [0.29, 0.717) is 13.2 Å². The molecule has 2 saturated heterocycles. The molecule has 9 heteroatoms. The highest BCUT2D eigenvalue weighted by molar-refractivity contribution is 6.78. The zero-order chi connectivity index (χ0) is 29.1. The molecule has 40 heavy (non-hydrogen) atoms. The highest BCUT2D eigenvalue weighted by atomic mass is 28.5. The Morgan fingerprint density at radius 3 is 1.50 bits per heavy atom. The number of rotatable bonds is 16. The second kappa shape index (κ2) is 15.9. The maximum Gasteiger partial charge on any atom is 0.310 e. The van der Waals surface area contributed by atoms with E-state index in [1.54, 1.807) is 0 Å². The second-order valence-electron chi connectivity index (χ2n) is 11.3. The third-order valence-electron chi connectivity index (χ3n) is 6.08. The van der Waals surface area contributed by atoms with E-state index in [-0.39, 0.29) is 12.2 Å². The molecule has 0 aromatic heterocycles. The second-order valence-corrected chi connectivity index (χ2v) is 20.2. The Labute approximate surface area is 246 Å². The van der Waals surface area contributed by atoms with Gasteiger partial charge in [-0.15, -0.1) is 13.2 Å². The van der Waals surface area contributed by atoms with Crippen LogP contribution in [0.3, 0.4) is 0 Å². The van der Waals surface area contributed by atoms with Gasteiger partial charge in [-0.1, -0.05) is 36.4 Å². The van der Waals surface area contributed by atoms with Crippen molar-refractivity contribution in [2.45, 2.75) is 70.8 Å². The Kier molecular flexibility index (Phi) is 12.9. The number of benzene rings is 2. The van der Waals surface area contributed by atoms with Crippen molar-refractivity contribution in [2.24, 2.45) is 0 Å². The van der Waals surface area contributed by atoms with Crippen LogP contribution in [-0.2, 0) is 37.0 Å². The molecule has 2 aromatic rings. The zero-order valence-electron chi connectivity index (χ0n) is 25.2. The van der Waals surface area contributed by atoms with Crippen LogP contribution in [0, 0.1) is 0 Å². The predicted molar refractivity (Wildman–Crippen MR) is 171 cm³/mol. The fourth-order valence-electron chi connectivity index (χ4n) is 4.49. The van der Waals surface area contributed by atoms with Gasteiger partial charge in [0.25, 0.3) is 0 Å². The monoisotopic (exact) mass is 600 g/mol. The first-order valence-electron chi connectivity index (χ1n) is 14.4. The van der Waals surface area contributed by atoms with E-state index < -0.39 is 26.6 Å². The van der Waals surface area contributed by atoms with Crippen LogP contribution >= 0.6 is 0 Å². The summed E-state index contributed by atoms with van der Waals surface area (Å²) >= 11 is 0. The van der Waals surface area contributed by atoms with Crippen molar-refractivity contribution in [3.8, 4) is 11.5 Å². The summed E-state index contributed by atoms with van der Waals surface area (Å²) in [5.41, 5.74) is 4.82. The van der Waals surface area contributed by atoms with E-state index in [0.717, 1.165) is 55.1 Å². The first-order chi connectivity index (χ1) is 19.1. The maximum absolute atomic E-state index is 5.93. The van der Waals surface area contributed by atoms with Crippen molar-refractivity contribution in [1.29, 1.82) is 0 Å². The molecule has 6 nitrogen and oxygen atoms in total. The summed E-state index contributed by atoms with van der Waals surface area (Å²) in [5.74, 6) is 1.84. The van der Waals surface area contributed by atoms with Crippen molar-refractivity contribution in [2.75, 3.05) is 26.4 Å². The molecule has 0 saturated carbocycles. The lowest BCUT2D eigenvalue weighted by Gasteiger charge is -2.27. The first-order valence-corrected chi connectivity index (χ1v) is 22.8. The van der Waals surface area contributed by atoms with Gasteiger partial charge in [-0.2, -0.15) is 0 Å². The molecule has 2 heterocycles. The first kappa shape index (κ1) is 32.5. The molecule has 0 aliphatic carbocycles. The SMILES string of the molecule is C=CCc1cc(Cc2ccc(OCC3CO3)c(CC=C)c2)ccc1OCC1CO1.C[SiH](C)O[Si](C)(C)O[SiH](C)C. The van der Waals surface area contributed by atoms with E-state index >= 15 is 0 Å². The lowest BCUT2D eigenvalue weighted by Crippen LogP contribution is -2.42. The summed E-state index contributed by atoms with van der Waals surface area (Å²) in [6.45, 7) is 23.7. The van der Waals surface area contributed by atoms with Gasteiger partial charge in [0, 0.05) is 0 Å². The molecule has 2 aromatic carbocycles. The molecule has 0 bridgehead atoms. The molecular weight excluding hydrogens is 553 g/mol. The third kappa shape index (κ3) is 12.3. The average molecular weight is 601 g/mol. The predicted octanol–water partition coefficient (Wildman–Crippen LogP) is 5.98. The summed E-state index contributed by atoms with van der Waals surface area (Å²) < 4.78 is 34.0. The van der Waals surface area contributed by atoms with E-state index in [2.05, 4.69) is 88.8 Å². The average Bonchev–Trinajstić information content (AvgIpc) is 3.78. The standard InChI is InChI=1S/C25H28O4.C6H20O2Si3/c1-3-5-20-12-18(7-9-24(20)28-16-22-14-26-22)11-19-8-10-25(21(13-19)6-4-2)29-17-23-15-27-23;1-9(2)7-11(5,6)8-10(3)4/h3-4,7-10,12-13,22-23H,1-2,5-6,11,14-17H2;9-10H,1-6H3. The summed E-state index contributed by atoms with van der Waals surface area (Å²) in [6, 6.07) is 12.8. The Morgan fingerprint density at radius 2 is 1.18 bits per heavy atom. The minimum absolute atomic E-state index is 0.252. The molecule has 0 spiro atoms. The van der Waals surface area contributed by atoms with Crippen molar-refractivity contribution in [3.63, 3.8) is 0 Å². The van der Waals surface area contributed by atoms with Gasteiger partial charge in [0.15, 0.2) is 18.1 Å². The molecule has 0 amide bonds. The van der Waals surface area contributed by atoms with Crippen molar-refractivity contribution < 1.29 is 27.2 Å². The summed E-state index contributed by atoms with van der Waals surface area (Å²) in [4.78, 5) is 0. The van der Waals surface area contributed by atoms with E-state index in [9.17, 15) is 0 Å². The van der Waals surface area contributed by atoms with Crippen molar-refractivity contribution >= 4 is 26.6 Å². The molecule has 2 atom stereocenters. The highest BCUT2D eigenvalue weighted by Gasteiger charge is 2.27. The molecule has 220 valence electrons. The summed E-state index contributed by atoms with van der Waals surface area (Å²) in [7, 11) is -3.50. The number of allylic oxidation sites excluding steroid dienone is 2. The molecule has 2 unspecified atom stereocenters. The number of hydrogen-bond donors (Lipinski definition) is 0. The third-order valence-corrected chi connectivity index (χ3v) is 14.4. The molecule has 4 rings (SSSR count). The van der Waals surface area contributed by atoms with Gasteiger partial charge in [0.1, 0.15) is 36.9 Å². The van der Waals surface area contributed by atoms with Crippen molar-refractivity contribution in [1.82, 2.24) is 0 Å².